The predicted octanol–water partition coefficient (Wildman–Crippen LogP) is 14.3. The molecule has 0 radical (unpaired) electrons. The van der Waals surface area contributed by atoms with Crippen LogP contribution in [-0.4, -0.2) is 19.9 Å². The second-order valence-electron chi connectivity index (χ2n) is 17.9. The Morgan fingerprint density at radius 1 is 0.267 bits per heavy atom. The van der Waals surface area contributed by atoms with E-state index in [1.54, 1.807) is 0 Å². The van der Waals surface area contributed by atoms with Gasteiger partial charge in [0.15, 0.2) is 0 Å². The zero-order chi connectivity index (χ0) is 42.3. The maximum Gasteiger partial charge on any atom is 0.0510 e. The summed E-state index contributed by atoms with van der Waals surface area (Å²) in [4.78, 5) is 19.7. The fourth-order valence-electron chi connectivity index (χ4n) is 10.2. The number of benzene rings is 4. The van der Waals surface area contributed by atoms with Crippen LogP contribution in [0.4, 0.5) is 0 Å². The van der Waals surface area contributed by atoms with Crippen molar-refractivity contribution in [3.63, 3.8) is 0 Å². The second-order valence-corrected chi connectivity index (χ2v) is 17.9. The van der Waals surface area contributed by atoms with Crippen LogP contribution in [0, 0.1) is 83.1 Å². The first-order valence-corrected chi connectivity index (χ1v) is 21.8. The fraction of sp³-hybridized carbons (Fsp3) is 0.286. The molecule has 2 N–H and O–H groups in total. The molecule has 60 heavy (non-hydrogen) atoms. The highest BCUT2D eigenvalue weighted by Gasteiger charge is 2.26. The Kier molecular flexibility index (Phi) is 9.81. The van der Waals surface area contributed by atoms with Crippen LogP contribution >= 0.6 is 0 Å². The van der Waals surface area contributed by atoms with Gasteiger partial charge in [-0.2, -0.15) is 0 Å². The molecule has 0 unspecified atom stereocenters. The van der Waals surface area contributed by atoms with Gasteiger partial charge in [-0.15, -0.1) is 0 Å². The number of aromatic amines is 2. The lowest BCUT2D eigenvalue weighted by atomic mass is 9.90. The molecule has 8 bridgehead atoms. The molecule has 3 aromatic heterocycles. The minimum Gasteiger partial charge on any atom is -0.354 e. The molecule has 4 heteroatoms. The van der Waals surface area contributed by atoms with Crippen LogP contribution in [0.5, 0.6) is 0 Å². The van der Waals surface area contributed by atoms with Gasteiger partial charge in [-0.05, 0) is 222 Å². The van der Waals surface area contributed by atoms with Gasteiger partial charge in [0.25, 0.3) is 0 Å². The number of aryl methyl sites for hydroxylation is 12. The maximum atomic E-state index is 5.78. The number of H-pyrrole nitrogens is 2. The lowest BCUT2D eigenvalue weighted by Crippen LogP contribution is -1.97. The number of nitrogens with zero attached hydrogens (tertiary/aromatic N) is 2. The van der Waals surface area contributed by atoms with E-state index in [9.17, 15) is 0 Å². The van der Waals surface area contributed by atoms with E-state index in [-0.39, 0.29) is 0 Å². The number of rotatable bonds is 4. The smallest absolute Gasteiger partial charge is 0.0510 e. The number of hydrogen-bond donors (Lipinski definition) is 2. The molecular weight excluding hydrogens is 729 g/mol. The zero-order valence-corrected chi connectivity index (χ0v) is 37.7. The van der Waals surface area contributed by atoms with Gasteiger partial charge in [-0.25, -0.2) is 0 Å². The van der Waals surface area contributed by atoms with Crippen molar-refractivity contribution >= 4 is 22.1 Å². The summed E-state index contributed by atoms with van der Waals surface area (Å²) < 4.78 is 0. The van der Waals surface area contributed by atoms with Crippen molar-refractivity contribution in [1.29, 1.82) is 0 Å². The Labute approximate surface area is 356 Å². The molecule has 7 aromatic rings. The van der Waals surface area contributed by atoms with E-state index in [1.807, 2.05) is 0 Å². The Hall–Kier alpha value is -6.00. The van der Waals surface area contributed by atoms with Crippen molar-refractivity contribution in [2.75, 3.05) is 0 Å². The van der Waals surface area contributed by atoms with Crippen molar-refractivity contribution in [2.24, 2.45) is 0 Å². The highest BCUT2D eigenvalue weighted by molar-refractivity contribution is 5.95. The molecule has 5 heterocycles. The largest absolute Gasteiger partial charge is 0.354 e. The van der Waals surface area contributed by atoms with Crippen molar-refractivity contribution in [2.45, 2.75) is 109 Å². The Balaban J connectivity index is 1.55. The molecule has 0 atom stereocenters. The third kappa shape index (κ3) is 6.35. The van der Waals surface area contributed by atoms with Gasteiger partial charge in [0, 0.05) is 44.3 Å². The highest BCUT2D eigenvalue weighted by atomic mass is 14.8. The molecule has 0 spiro atoms. The topological polar surface area (TPSA) is 57.4 Å². The zero-order valence-electron chi connectivity index (χ0n) is 37.7. The summed E-state index contributed by atoms with van der Waals surface area (Å²) in [7, 11) is 0. The van der Waals surface area contributed by atoms with Gasteiger partial charge >= 0.3 is 0 Å². The molecule has 0 amide bonds. The molecule has 0 saturated heterocycles. The third-order valence-electron chi connectivity index (χ3n) is 14.1. The van der Waals surface area contributed by atoms with Gasteiger partial charge < -0.3 is 9.97 Å². The van der Waals surface area contributed by atoms with E-state index < -0.39 is 0 Å². The van der Waals surface area contributed by atoms with Gasteiger partial charge in [0.2, 0.25) is 0 Å². The van der Waals surface area contributed by atoms with Crippen LogP contribution in [0.1, 0.15) is 89.5 Å². The van der Waals surface area contributed by atoms with Crippen LogP contribution in [0.25, 0.3) is 66.6 Å². The first-order chi connectivity index (χ1) is 28.7. The van der Waals surface area contributed by atoms with Crippen LogP contribution < -0.4 is 0 Å². The molecule has 4 nitrogen and oxygen atoms in total. The summed E-state index contributed by atoms with van der Waals surface area (Å²) in [6.45, 7) is 27.0. The summed E-state index contributed by atoms with van der Waals surface area (Å²) in [6.07, 6.45) is 3.40. The Morgan fingerprint density at radius 2 is 0.467 bits per heavy atom. The second kappa shape index (κ2) is 14.9. The molecule has 9 rings (SSSR count). The summed E-state index contributed by atoms with van der Waals surface area (Å²) in [6, 6.07) is 27.3. The lowest BCUT2D eigenvalue weighted by Gasteiger charge is -2.16. The molecular formula is C56H58N4. The minimum absolute atomic E-state index is 0.850. The van der Waals surface area contributed by atoms with E-state index in [2.05, 4.69) is 166 Å². The number of aromatic nitrogens is 4. The summed E-state index contributed by atoms with van der Waals surface area (Å²) in [5, 5.41) is 0. The van der Waals surface area contributed by atoms with E-state index in [4.69, 9.17) is 9.97 Å². The van der Waals surface area contributed by atoms with E-state index in [1.165, 1.54) is 111 Å². The van der Waals surface area contributed by atoms with Crippen LogP contribution in [0.3, 0.4) is 0 Å². The first kappa shape index (κ1) is 39.5. The fourth-order valence-corrected chi connectivity index (χ4v) is 10.2. The van der Waals surface area contributed by atoms with Crippen LogP contribution in [-0.2, 0) is 25.7 Å². The molecule has 0 fully saturated rings. The average Bonchev–Trinajstić information content (AvgIpc) is 4.07. The standard InChI is InChI=1S/C56H58N4/c1-29-13-17-33(5)49(37(29)9)53-41-21-23-43(57-41)54(50-34(6)18-14-30(2)38(50)10)45-25-27-47(59-45)56(52-36(8)20-16-32(4)40(52)12)48-28-26-46(60-48)55(44-24-22-42(53)58-44)51-35(7)19-15-31(3)39(51)11/h13-21,23,26,28,57,60H,22,24-25,27H2,1-12H3. The molecule has 2 aliphatic heterocycles. The number of hydrogen-bond acceptors (Lipinski definition) is 2. The van der Waals surface area contributed by atoms with Gasteiger partial charge in [-0.3, -0.25) is 9.97 Å². The maximum absolute atomic E-state index is 5.78. The molecule has 2 aliphatic rings. The summed E-state index contributed by atoms with van der Waals surface area (Å²) in [5.74, 6) is 0. The minimum atomic E-state index is 0.850. The molecule has 0 saturated carbocycles. The monoisotopic (exact) mass is 786 g/mol. The van der Waals surface area contributed by atoms with Gasteiger partial charge in [0.05, 0.1) is 22.8 Å². The summed E-state index contributed by atoms with van der Waals surface area (Å²) in [5.41, 5.74) is 34.2. The van der Waals surface area contributed by atoms with Crippen molar-refractivity contribution < 1.29 is 0 Å². The first-order valence-electron chi connectivity index (χ1n) is 21.8. The van der Waals surface area contributed by atoms with Crippen molar-refractivity contribution in [3.05, 3.63) is 162 Å². The van der Waals surface area contributed by atoms with E-state index >= 15 is 0 Å². The Bertz CT molecular complexity index is 2700. The SMILES string of the molecule is Cc1ccc(C)c(-c2c3nc(c(-c4c(C)ccc(C)c4C)c4ccc([nH]4)c(-c4c(C)ccc(C)c4C)c4nc(c(-c5c(C)ccc(C)c5C)c5ccc2[nH]5)CC4)CC3)c1C. The molecule has 302 valence electrons. The average molecular weight is 787 g/mol. The van der Waals surface area contributed by atoms with Gasteiger partial charge in [0.1, 0.15) is 0 Å². The van der Waals surface area contributed by atoms with E-state index in [0.717, 1.165) is 70.5 Å². The summed E-state index contributed by atoms with van der Waals surface area (Å²) >= 11 is 0. The number of fused-ring (bicyclic) bond motifs is 8. The van der Waals surface area contributed by atoms with Crippen LogP contribution in [0.2, 0.25) is 0 Å². The molecule has 4 aromatic carbocycles. The van der Waals surface area contributed by atoms with E-state index in [0.29, 0.717) is 0 Å². The third-order valence-corrected chi connectivity index (χ3v) is 14.1. The normalized spacial score (nSPS) is 12.7. The Morgan fingerprint density at radius 3 is 0.683 bits per heavy atom. The number of nitrogens with one attached hydrogen (secondary N) is 2. The highest BCUT2D eigenvalue weighted by Crippen LogP contribution is 2.43. The van der Waals surface area contributed by atoms with Crippen molar-refractivity contribution in [1.82, 2.24) is 19.9 Å². The predicted molar refractivity (Wildman–Crippen MR) is 254 cm³/mol. The quantitative estimate of drug-likeness (QED) is 0.187. The molecule has 0 aliphatic carbocycles. The van der Waals surface area contributed by atoms with Gasteiger partial charge in [-0.1, -0.05) is 48.5 Å². The van der Waals surface area contributed by atoms with Crippen molar-refractivity contribution in [3.8, 4) is 44.5 Å². The lowest BCUT2D eigenvalue weighted by molar-refractivity contribution is 1.02. The van der Waals surface area contributed by atoms with Crippen LogP contribution in [0.15, 0.2) is 72.8 Å².